The van der Waals surface area contributed by atoms with E-state index in [1.54, 1.807) is 11.3 Å². The Bertz CT molecular complexity index is 978. The zero-order chi connectivity index (χ0) is 17.8. The highest BCUT2D eigenvalue weighted by Crippen LogP contribution is 2.25. The van der Waals surface area contributed by atoms with E-state index < -0.39 is 0 Å². The first-order valence-electron chi connectivity index (χ1n) is 8.37. The van der Waals surface area contributed by atoms with Gasteiger partial charge in [-0.3, -0.25) is 0 Å². The summed E-state index contributed by atoms with van der Waals surface area (Å²) in [5.74, 6) is 0.440. The zero-order valence-electron chi connectivity index (χ0n) is 14.3. The molecule has 0 unspecified atom stereocenters. The average Bonchev–Trinajstić information content (AvgIpc) is 3.37. The number of hydrogen-bond donors (Lipinski definition) is 0. The number of thiazole rings is 1. The van der Waals surface area contributed by atoms with Gasteiger partial charge in [0, 0.05) is 16.5 Å². The van der Waals surface area contributed by atoms with Crippen LogP contribution in [0.3, 0.4) is 0 Å². The molecule has 2 aromatic carbocycles. The molecule has 0 aliphatic carbocycles. The predicted molar refractivity (Wildman–Crippen MR) is 101 cm³/mol. The van der Waals surface area contributed by atoms with Gasteiger partial charge in [0.05, 0.1) is 5.69 Å². The van der Waals surface area contributed by atoms with E-state index >= 15 is 0 Å². The SMILES string of the molecule is CCc1ccc(-c2nc(COc3nnc(-c4ccccc4)o3)cs2)cc1. The Labute approximate surface area is 155 Å². The minimum atomic E-state index is 0.144. The summed E-state index contributed by atoms with van der Waals surface area (Å²) in [4.78, 5) is 4.62. The fourth-order valence-electron chi connectivity index (χ4n) is 2.49. The summed E-state index contributed by atoms with van der Waals surface area (Å²) < 4.78 is 11.1. The number of aromatic nitrogens is 3. The molecule has 0 spiro atoms. The summed E-state index contributed by atoms with van der Waals surface area (Å²) in [6.07, 6.45) is 1.18. The number of aryl methyl sites for hydroxylation is 1. The number of hydrogen-bond acceptors (Lipinski definition) is 6. The molecule has 0 fully saturated rings. The maximum atomic E-state index is 5.58. The van der Waals surface area contributed by atoms with Gasteiger partial charge in [-0.15, -0.1) is 16.4 Å². The second-order valence-corrected chi connectivity index (χ2v) is 6.58. The molecule has 26 heavy (non-hydrogen) atoms. The second kappa shape index (κ2) is 7.49. The maximum absolute atomic E-state index is 5.58. The largest absolute Gasteiger partial charge is 0.442 e. The Kier molecular flexibility index (Phi) is 4.75. The molecule has 4 aromatic rings. The molecule has 0 amide bonds. The third kappa shape index (κ3) is 3.65. The van der Waals surface area contributed by atoms with Crippen molar-refractivity contribution in [3.8, 4) is 28.1 Å². The van der Waals surface area contributed by atoms with Gasteiger partial charge in [0.25, 0.3) is 5.89 Å². The van der Waals surface area contributed by atoms with Crippen LogP contribution in [0.2, 0.25) is 0 Å². The van der Waals surface area contributed by atoms with Crippen molar-refractivity contribution in [2.75, 3.05) is 0 Å². The lowest BCUT2D eigenvalue weighted by Gasteiger charge is -1.99. The Morgan fingerprint density at radius 1 is 0.962 bits per heavy atom. The standard InChI is InChI=1S/C20H17N3O2S/c1-2-14-8-10-16(11-9-14)19-21-17(13-26-19)12-24-20-23-22-18(25-20)15-6-4-3-5-7-15/h3-11,13H,2,12H2,1H3. The molecule has 4 rings (SSSR count). The summed E-state index contributed by atoms with van der Waals surface area (Å²) >= 11 is 1.60. The average molecular weight is 363 g/mol. The van der Waals surface area contributed by atoms with Gasteiger partial charge in [0.1, 0.15) is 11.6 Å². The molecular weight excluding hydrogens is 346 g/mol. The van der Waals surface area contributed by atoms with E-state index in [2.05, 4.69) is 46.4 Å². The molecule has 0 N–H and O–H groups in total. The Balaban J connectivity index is 1.41. The van der Waals surface area contributed by atoms with E-state index in [0.29, 0.717) is 12.5 Å². The molecule has 5 nitrogen and oxygen atoms in total. The van der Waals surface area contributed by atoms with E-state index in [1.807, 2.05) is 35.7 Å². The van der Waals surface area contributed by atoms with Crippen LogP contribution < -0.4 is 4.74 Å². The minimum absolute atomic E-state index is 0.144. The third-order valence-corrected chi connectivity index (χ3v) is 4.87. The van der Waals surface area contributed by atoms with Crippen LogP contribution in [0.15, 0.2) is 64.4 Å². The van der Waals surface area contributed by atoms with Crippen LogP contribution in [0.4, 0.5) is 0 Å². The molecule has 0 aliphatic heterocycles. The summed E-state index contributed by atoms with van der Waals surface area (Å²) in [6.45, 7) is 2.44. The van der Waals surface area contributed by atoms with E-state index in [-0.39, 0.29) is 6.08 Å². The highest BCUT2D eigenvalue weighted by atomic mass is 32.1. The summed E-state index contributed by atoms with van der Waals surface area (Å²) in [5.41, 5.74) is 4.13. The van der Waals surface area contributed by atoms with Crippen molar-refractivity contribution in [2.45, 2.75) is 20.0 Å². The maximum Gasteiger partial charge on any atom is 0.415 e. The van der Waals surface area contributed by atoms with Crippen LogP contribution in [-0.2, 0) is 13.0 Å². The van der Waals surface area contributed by atoms with Gasteiger partial charge in [0.2, 0.25) is 0 Å². The van der Waals surface area contributed by atoms with Gasteiger partial charge in [-0.05, 0) is 24.1 Å². The first kappa shape index (κ1) is 16.5. The molecular formula is C20H17N3O2S. The molecule has 0 radical (unpaired) electrons. The van der Waals surface area contributed by atoms with Crippen molar-refractivity contribution in [3.05, 3.63) is 71.2 Å². The monoisotopic (exact) mass is 363 g/mol. The Morgan fingerprint density at radius 3 is 2.54 bits per heavy atom. The normalized spacial score (nSPS) is 10.8. The van der Waals surface area contributed by atoms with Gasteiger partial charge in [-0.1, -0.05) is 54.5 Å². The predicted octanol–water partition coefficient (Wildman–Crippen LogP) is 5.00. The summed E-state index contributed by atoms with van der Waals surface area (Å²) in [5, 5.41) is 10.9. The summed E-state index contributed by atoms with van der Waals surface area (Å²) in [7, 11) is 0. The van der Waals surface area contributed by atoms with Gasteiger partial charge >= 0.3 is 6.08 Å². The molecule has 0 saturated heterocycles. The molecule has 0 bridgehead atoms. The Hall–Kier alpha value is -2.99. The number of benzene rings is 2. The van der Waals surface area contributed by atoms with E-state index in [4.69, 9.17) is 9.15 Å². The molecule has 2 heterocycles. The first-order chi connectivity index (χ1) is 12.8. The van der Waals surface area contributed by atoms with Crippen LogP contribution in [-0.4, -0.2) is 15.2 Å². The molecule has 130 valence electrons. The lowest BCUT2D eigenvalue weighted by Crippen LogP contribution is -1.95. The van der Waals surface area contributed by atoms with Crippen LogP contribution in [0.25, 0.3) is 22.0 Å². The Morgan fingerprint density at radius 2 is 1.77 bits per heavy atom. The highest BCUT2D eigenvalue weighted by molar-refractivity contribution is 7.13. The van der Waals surface area contributed by atoms with Crippen LogP contribution in [0.1, 0.15) is 18.2 Å². The lowest BCUT2D eigenvalue weighted by atomic mass is 10.1. The fourth-order valence-corrected chi connectivity index (χ4v) is 3.30. The second-order valence-electron chi connectivity index (χ2n) is 5.72. The van der Waals surface area contributed by atoms with E-state index in [0.717, 1.165) is 28.2 Å². The highest BCUT2D eigenvalue weighted by Gasteiger charge is 2.11. The fraction of sp³-hybridized carbons (Fsp3) is 0.150. The van der Waals surface area contributed by atoms with Crippen LogP contribution >= 0.6 is 11.3 Å². The first-order valence-corrected chi connectivity index (χ1v) is 9.25. The van der Waals surface area contributed by atoms with E-state index in [9.17, 15) is 0 Å². The van der Waals surface area contributed by atoms with Gasteiger partial charge in [-0.25, -0.2) is 4.98 Å². The number of ether oxygens (including phenoxy) is 1. The van der Waals surface area contributed by atoms with Crippen molar-refractivity contribution in [2.24, 2.45) is 0 Å². The van der Waals surface area contributed by atoms with Crippen molar-refractivity contribution >= 4 is 11.3 Å². The molecule has 2 aromatic heterocycles. The van der Waals surface area contributed by atoms with Crippen molar-refractivity contribution < 1.29 is 9.15 Å². The van der Waals surface area contributed by atoms with Crippen LogP contribution in [0, 0.1) is 0 Å². The molecule has 0 atom stereocenters. The smallest absolute Gasteiger partial charge is 0.415 e. The molecule has 6 heteroatoms. The van der Waals surface area contributed by atoms with Crippen molar-refractivity contribution in [1.82, 2.24) is 15.2 Å². The van der Waals surface area contributed by atoms with Gasteiger partial charge in [0.15, 0.2) is 0 Å². The van der Waals surface area contributed by atoms with Crippen molar-refractivity contribution in [1.29, 1.82) is 0 Å². The number of rotatable bonds is 6. The van der Waals surface area contributed by atoms with Gasteiger partial charge < -0.3 is 9.15 Å². The topological polar surface area (TPSA) is 61.0 Å². The quantitative estimate of drug-likeness (QED) is 0.482. The number of nitrogens with zero attached hydrogens (tertiary/aromatic N) is 3. The summed E-state index contributed by atoms with van der Waals surface area (Å²) in [6, 6.07) is 18.1. The van der Waals surface area contributed by atoms with Gasteiger partial charge in [-0.2, -0.15) is 0 Å². The lowest BCUT2D eigenvalue weighted by molar-refractivity contribution is 0.219. The molecule has 0 aliphatic rings. The molecule has 0 saturated carbocycles. The third-order valence-electron chi connectivity index (χ3n) is 3.93. The zero-order valence-corrected chi connectivity index (χ0v) is 15.1. The van der Waals surface area contributed by atoms with E-state index in [1.165, 1.54) is 5.56 Å². The van der Waals surface area contributed by atoms with Crippen molar-refractivity contribution in [3.63, 3.8) is 0 Å². The van der Waals surface area contributed by atoms with Crippen LogP contribution in [0.5, 0.6) is 6.08 Å². The minimum Gasteiger partial charge on any atom is -0.442 e.